The molecule has 0 fully saturated rings. The first kappa shape index (κ1) is 28.1. The van der Waals surface area contributed by atoms with Crippen molar-refractivity contribution in [3.05, 3.63) is 170 Å². The van der Waals surface area contributed by atoms with Gasteiger partial charge in [0.1, 0.15) is 5.82 Å². The van der Waals surface area contributed by atoms with Crippen LogP contribution in [-0.2, 0) is 0 Å². The molecule has 0 unspecified atom stereocenters. The van der Waals surface area contributed by atoms with Crippen molar-refractivity contribution in [3.8, 4) is 45.8 Å². The van der Waals surface area contributed by atoms with Gasteiger partial charge >= 0.3 is 0 Å². The average molecular weight is 641 g/mol. The highest BCUT2D eigenvalue weighted by molar-refractivity contribution is 6.18. The smallest absolute Gasteiger partial charge is 0.238 e. The maximum absolute atomic E-state index is 5.21. The summed E-state index contributed by atoms with van der Waals surface area (Å²) in [6.07, 6.45) is 0. The van der Waals surface area contributed by atoms with Crippen LogP contribution in [0.2, 0.25) is 0 Å². The van der Waals surface area contributed by atoms with Crippen molar-refractivity contribution in [1.82, 2.24) is 29.1 Å². The van der Waals surface area contributed by atoms with E-state index in [4.69, 9.17) is 19.9 Å². The van der Waals surface area contributed by atoms with E-state index in [1.165, 1.54) is 0 Å². The topological polar surface area (TPSA) is 61.4 Å². The van der Waals surface area contributed by atoms with Crippen LogP contribution in [-0.4, -0.2) is 29.1 Å². The molecular weight excluding hydrogens is 613 g/mol. The van der Waals surface area contributed by atoms with E-state index in [1.54, 1.807) is 0 Å². The third-order valence-corrected chi connectivity index (χ3v) is 9.36. The summed E-state index contributed by atoms with van der Waals surface area (Å²) in [5.41, 5.74) is 8.07. The maximum Gasteiger partial charge on any atom is 0.238 e. The molecule has 0 spiro atoms. The molecule has 0 radical (unpaired) electrons. The summed E-state index contributed by atoms with van der Waals surface area (Å²) in [4.78, 5) is 20.4. The normalized spacial score (nSPS) is 11.6. The van der Waals surface area contributed by atoms with Crippen molar-refractivity contribution in [1.29, 1.82) is 0 Å². The Kier molecular flexibility index (Phi) is 6.39. The number of aromatic nitrogens is 6. The molecule has 0 aliphatic rings. The van der Waals surface area contributed by atoms with Gasteiger partial charge in [0.25, 0.3) is 0 Å². The largest absolute Gasteiger partial charge is 0.292 e. The Morgan fingerprint density at radius 1 is 0.380 bits per heavy atom. The Labute approximate surface area is 287 Å². The molecule has 0 saturated heterocycles. The minimum atomic E-state index is 0.574. The summed E-state index contributed by atoms with van der Waals surface area (Å²) in [5, 5.41) is 4.47. The lowest BCUT2D eigenvalue weighted by Crippen LogP contribution is -2.06. The van der Waals surface area contributed by atoms with Gasteiger partial charge in [-0.25, -0.2) is 9.97 Å². The number of imidazole rings is 1. The first-order chi connectivity index (χ1) is 24.8. The van der Waals surface area contributed by atoms with E-state index in [0.717, 1.165) is 71.8 Å². The van der Waals surface area contributed by atoms with Crippen molar-refractivity contribution < 1.29 is 0 Å². The first-order valence-electron chi connectivity index (χ1n) is 16.7. The van der Waals surface area contributed by atoms with E-state index >= 15 is 0 Å². The molecule has 0 amide bonds. The number of fused-ring (bicyclic) bond motifs is 6. The fourth-order valence-electron chi connectivity index (χ4n) is 7.08. The molecule has 50 heavy (non-hydrogen) atoms. The molecule has 0 bridgehead atoms. The molecule has 0 N–H and O–H groups in total. The number of hydrogen-bond donors (Lipinski definition) is 0. The van der Waals surface area contributed by atoms with Gasteiger partial charge in [0.15, 0.2) is 11.6 Å². The van der Waals surface area contributed by atoms with Crippen LogP contribution in [0.3, 0.4) is 0 Å². The fourth-order valence-corrected chi connectivity index (χ4v) is 7.08. The molecule has 234 valence electrons. The Morgan fingerprint density at radius 2 is 0.960 bits per heavy atom. The van der Waals surface area contributed by atoms with Crippen LogP contribution >= 0.6 is 0 Å². The zero-order chi connectivity index (χ0) is 33.0. The first-order valence-corrected chi connectivity index (χ1v) is 16.7. The van der Waals surface area contributed by atoms with Gasteiger partial charge in [-0.2, -0.15) is 9.97 Å². The van der Waals surface area contributed by atoms with Crippen LogP contribution in [0.15, 0.2) is 170 Å². The number of hydrogen-bond acceptors (Lipinski definition) is 4. The van der Waals surface area contributed by atoms with Gasteiger partial charge in [-0.15, -0.1) is 0 Å². The van der Waals surface area contributed by atoms with E-state index in [0.29, 0.717) is 17.6 Å². The minimum absolute atomic E-state index is 0.574. The molecular formula is C44H28N6. The molecule has 7 aromatic carbocycles. The zero-order valence-corrected chi connectivity index (χ0v) is 26.8. The summed E-state index contributed by atoms with van der Waals surface area (Å²) in [5.74, 6) is 2.74. The Hall–Kier alpha value is -6.92. The number of nitrogens with zero attached hydrogens (tertiary/aromatic N) is 6. The Bertz CT molecular complexity index is 2780. The molecule has 6 nitrogen and oxygen atoms in total. The molecule has 0 atom stereocenters. The third kappa shape index (κ3) is 4.50. The molecule has 3 heterocycles. The number of rotatable bonds is 5. The molecule has 6 heteroatoms. The second-order valence-corrected chi connectivity index (χ2v) is 12.4. The second kappa shape index (κ2) is 11.4. The van der Waals surface area contributed by atoms with Crippen LogP contribution in [0.4, 0.5) is 0 Å². The van der Waals surface area contributed by atoms with Crippen LogP contribution in [0.1, 0.15) is 0 Å². The van der Waals surface area contributed by atoms with Gasteiger partial charge in [0, 0.05) is 38.5 Å². The number of para-hydroxylation sites is 2. The zero-order valence-electron chi connectivity index (χ0n) is 26.8. The van der Waals surface area contributed by atoms with Crippen molar-refractivity contribution >= 4 is 43.6 Å². The van der Waals surface area contributed by atoms with E-state index in [-0.39, 0.29) is 0 Å². The lowest BCUT2D eigenvalue weighted by Gasteiger charge is -2.12. The van der Waals surface area contributed by atoms with E-state index in [2.05, 4.69) is 112 Å². The van der Waals surface area contributed by atoms with E-state index in [9.17, 15) is 0 Å². The highest BCUT2D eigenvalue weighted by Gasteiger charge is 2.21. The lowest BCUT2D eigenvalue weighted by molar-refractivity contribution is 0.954. The average Bonchev–Trinajstić information content (AvgIpc) is 3.75. The minimum Gasteiger partial charge on any atom is -0.292 e. The predicted molar refractivity (Wildman–Crippen MR) is 203 cm³/mol. The van der Waals surface area contributed by atoms with Crippen LogP contribution < -0.4 is 0 Å². The molecule has 0 aliphatic heterocycles. The SMILES string of the molecule is c1ccc(-c2nc(-c3ccccc3)nc(-n3c4ccccc4c4cc5c(ccc6nc(-c7ccccc7)n(-c7ccccc7)c65)cc43)n2)cc1. The van der Waals surface area contributed by atoms with Gasteiger partial charge in [0.2, 0.25) is 5.95 Å². The van der Waals surface area contributed by atoms with Gasteiger partial charge in [-0.3, -0.25) is 9.13 Å². The lowest BCUT2D eigenvalue weighted by atomic mass is 10.0. The molecule has 0 aliphatic carbocycles. The van der Waals surface area contributed by atoms with Gasteiger partial charge in [0.05, 0.1) is 22.1 Å². The second-order valence-electron chi connectivity index (χ2n) is 12.4. The fraction of sp³-hybridized carbons (Fsp3) is 0. The Balaban J connectivity index is 1.29. The van der Waals surface area contributed by atoms with Crippen molar-refractivity contribution in [2.75, 3.05) is 0 Å². The van der Waals surface area contributed by atoms with Crippen molar-refractivity contribution in [2.45, 2.75) is 0 Å². The quantitative estimate of drug-likeness (QED) is 0.188. The standard InChI is InChI=1S/C44H28N6/c1-5-15-29(16-6-1)41-46-42(30-17-7-2-8-18-30)48-44(47-41)50-38-24-14-13-23-34(38)36-28-35-32(27-39(36)50)25-26-37-40(35)49(33-21-11-4-12-22-33)43(45-37)31-19-9-3-10-20-31/h1-28H. The van der Waals surface area contributed by atoms with Crippen LogP contribution in [0, 0.1) is 0 Å². The molecule has 3 aromatic heterocycles. The third-order valence-electron chi connectivity index (χ3n) is 9.36. The van der Waals surface area contributed by atoms with E-state index in [1.807, 2.05) is 66.7 Å². The van der Waals surface area contributed by atoms with Gasteiger partial charge < -0.3 is 0 Å². The summed E-state index contributed by atoms with van der Waals surface area (Å²) in [6.45, 7) is 0. The monoisotopic (exact) mass is 640 g/mol. The highest BCUT2D eigenvalue weighted by atomic mass is 15.2. The summed E-state index contributed by atoms with van der Waals surface area (Å²) in [7, 11) is 0. The van der Waals surface area contributed by atoms with Gasteiger partial charge in [-0.1, -0.05) is 133 Å². The Morgan fingerprint density at radius 3 is 1.62 bits per heavy atom. The molecule has 10 rings (SSSR count). The summed E-state index contributed by atoms with van der Waals surface area (Å²) >= 11 is 0. The summed E-state index contributed by atoms with van der Waals surface area (Å²) in [6, 6.07) is 58.5. The van der Waals surface area contributed by atoms with Gasteiger partial charge in [-0.05, 0) is 41.8 Å². The molecule has 10 aromatic rings. The number of benzene rings is 7. The molecule has 0 saturated carbocycles. The summed E-state index contributed by atoms with van der Waals surface area (Å²) < 4.78 is 4.47. The predicted octanol–water partition coefficient (Wildman–Crippen LogP) is 10.5. The van der Waals surface area contributed by atoms with Crippen LogP contribution in [0.25, 0.3) is 89.4 Å². The van der Waals surface area contributed by atoms with E-state index < -0.39 is 0 Å². The highest BCUT2D eigenvalue weighted by Crippen LogP contribution is 2.39. The van der Waals surface area contributed by atoms with Crippen molar-refractivity contribution in [3.63, 3.8) is 0 Å². The maximum atomic E-state index is 5.21. The van der Waals surface area contributed by atoms with Crippen molar-refractivity contribution in [2.24, 2.45) is 0 Å². The van der Waals surface area contributed by atoms with Crippen LogP contribution in [0.5, 0.6) is 0 Å².